The van der Waals surface area contributed by atoms with Crippen LogP contribution in [0.1, 0.15) is 26.3 Å². The zero-order valence-electron chi connectivity index (χ0n) is 9.18. The lowest BCUT2D eigenvalue weighted by Gasteiger charge is -2.21. The van der Waals surface area contributed by atoms with Crippen LogP contribution in [0.25, 0.3) is 4.85 Å². The molecule has 0 saturated carbocycles. The zero-order valence-corrected chi connectivity index (χ0v) is 9.18. The summed E-state index contributed by atoms with van der Waals surface area (Å²) >= 11 is 0. The quantitative estimate of drug-likeness (QED) is 0.666. The van der Waals surface area contributed by atoms with Crippen molar-refractivity contribution in [3.63, 3.8) is 0 Å². The Bertz CT molecular complexity index is 367. The molecule has 0 aromatic heterocycles. The highest BCUT2D eigenvalue weighted by Crippen LogP contribution is 2.33. The topological polar surface area (TPSA) is 16.4 Å². The number of nitrogens with one attached hydrogen (secondary N) is 1. The Labute approximate surface area is 85.8 Å². The molecular weight excluding hydrogens is 172 g/mol. The molecule has 0 heterocycles. The largest absolute Gasteiger partial charge is 0.389 e. The first kappa shape index (κ1) is 10.6. The first-order chi connectivity index (χ1) is 6.49. The summed E-state index contributed by atoms with van der Waals surface area (Å²) in [5.41, 5.74) is 2.87. The van der Waals surface area contributed by atoms with Crippen molar-refractivity contribution in [1.29, 1.82) is 0 Å². The smallest absolute Gasteiger partial charge is 0.192 e. The summed E-state index contributed by atoms with van der Waals surface area (Å²) < 4.78 is 0. The second kappa shape index (κ2) is 3.71. The van der Waals surface area contributed by atoms with Crippen LogP contribution in [0.2, 0.25) is 0 Å². The monoisotopic (exact) mass is 188 g/mol. The molecule has 0 radical (unpaired) electrons. The van der Waals surface area contributed by atoms with Crippen LogP contribution in [-0.2, 0) is 5.41 Å². The van der Waals surface area contributed by atoms with Gasteiger partial charge in [0.15, 0.2) is 5.69 Å². The molecule has 0 unspecified atom stereocenters. The average Bonchev–Trinajstić information content (AvgIpc) is 2.15. The molecule has 14 heavy (non-hydrogen) atoms. The first-order valence-corrected chi connectivity index (χ1v) is 4.69. The maximum atomic E-state index is 7.13. The summed E-state index contributed by atoms with van der Waals surface area (Å²) in [6, 6.07) is 5.93. The van der Waals surface area contributed by atoms with E-state index in [0.717, 1.165) is 16.9 Å². The number of rotatable bonds is 1. The minimum atomic E-state index is 0.0339. The zero-order chi connectivity index (χ0) is 10.8. The highest BCUT2D eigenvalue weighted by Gasteiger charge is 2.17. The number of nitrogens with zero attached hydrogens (tertiary/aromatic N) is 1. The maximum Gasteiger partial charge on any atom is 0.192 e. The normalized spacial score (nSPS) is 10.8. The van der Waals surface area contributed by atoms with E-state index in [1.807, 2.05) is 25.2 Å². The summed E-state index contributed by atoms with van der Waals surface area (Å²) in [6.07, 6.45) is 0. The highest BCUT2D eigenvalue weighted by atomic mass is 14.8. The lowest BCUT2D eigenvalue weighted by atomic mass is 9.86. The second-order valence-corrected chi connectivity index (χ2v) is 4.34. The van der Waals surface area contributed by atoms with Crippen LogP contribution in [-0.4, -0.2) is 7.05 Å². The van der Waals surface area contributed by atoms with Gasteiger partial charge in [0.25, 0.3) is 0 Å². The van der Waals surface area contributed by atoms with Crippen LogP contribution in [0.3, 0.4) is 0 Å². The summed E-state index contributed by atoms with van der Waals surface area (Å²) in [6.45, 7) is 13.5. The Balaban J connectivity index is 3.28. The Morgan fingerprint density at radius 3 is 2.36 bits per heavy atom. The molecule has 1 aromatic carbocycles. The lowest BCUT2D eigenvalue weighted by molar-refractivity contribution is 0.593. The van der Waals surface area contributed by atoms with Gasteiger partial charge in [0, 0.05) is 12.7 Å². The molecule has 0 spiro atoms. The van der Waals surface area contributed by atoms with Gasteiger partial charge in [-0.15, -0.1) is 0 Å². The van der Waals surface area contributed by atoms with Gasteiger partial charge < -0.3 is 5.32 Å². The maximum absolute atomic E-state index is 7.13. The molecule has 0 saturated heterocycles. The first-order valence-electron chi connectivity index (χ1n) is 4.69. The molecule has 2 heteroatoms. The third-order valence-electron chi connectivity index (χ3n) is 2.21. The highest BCUT2D eigenvalue weighted by molar-refractivity contribution is 5.63. The van der Waals surface area contributed by atoms with E-state index in [1.54, 1.807) is 0 Å². The van der Waals surface area contributed by atoms with Crippen molar-refractivity contribution in [3.05, 3.63) is 35.2 Å². The number of anilines is 1. The van der Waals surface area contributed by atoms with Gasteiger partial charge in [-0.2, -0.15) is 0 Å². The third kappa shape index (κ3) is 2.05. The fraction of sp³-hybridized carbons (Fsp3) is 0.417. The van der Waals surface area contributed by atoms with Crippen LogP contribution in [0.4, 0.5) is 11.4 Å². The molecule has 1 N–H and O–H groups in total. The van der Waals surface area contributed by atoms with Gasteiger partial charge in [-0.25, -0.2) is 4.85 Å². The molecule has 1 rings (SSSR count). The van der Waals surface area contributed by atoms with E-state index in [1.165, 1.54) is 0 Å². The van der Waals surface area contributed by atoms with Crippen LogP contribution in [0.15, 0.2) is 18.2 Å². The van der Waals surface area contributed by atoms with Gasteiger partial charge in [0.2, 0.25) is 0 Å². The predicted octanol–water partition coefficient (Wildman–Crippen LogP) is 3.58. The van der Waals surface area contributed by atoms with Crippen LogP contribution in [0.5, 0.6) is 0 Å². The van der Waals surface area contributed by atoms with E-state index in [2.05, 4.69) is 30.9 Å². The molecule has 0 bridgehead atoms. The summed E-state index contributed by atoms with van der Waals surface area (Å²) in [5, 5.41) is 3.04. The van der Waals surface area contributed by atoms with E-state index in [0.29, 0.717) is 0 Å². The third-order valence-corrected chi connectivity index (χ3v) is 2.21. The van der Waals surface area contributed by atoms with Crippen molar-refractivity contribution in [2.45, 2.75) is 26.2 Å². The van der Waals surface area contributed by atoms with Crippen molar-refractivity contribution >= 4 is 11.4 Å². The van der Waals surface area contributed by atoms with E-state index in [9.17, 15) is 0 Å². The standard InChI is InChI=1S/C12H16N2/c1-12(2,3)10-7-6-9(13-4)8-11(10)14-5/h6-8,13H,1-4H3. The van der Waals surface area contributed by atoms with Crippen molar-refractivity contribution < 1.29 is 0 Å². The number of hydrogen-bond acceptors (Lipinski definition) is 1. The van der Waals surface area contributed by atoms with Crippen LogP contribution >= 0.6 is 0 Å². The average molecular weight is 188 g/mol. The molecule has 0 aliphatic heterocycles. The van der Waals surface area contributed by atoms with Crippen LogP contribution < -0.4 is 5.32 Å². The molecule has 1 aromatic rings. The Morgan fingerprint density at radius 1 is 1.29 bits per heavy atom. The summed E-state index contributed by atoms with van der Waals surface area (Å²) in [4.78, 5) is 3.56. The van der Waals surface area contributed by atoms with E-state index < -0.39 is 0 Å². The lowest BCUT2D eigenvalue weighted by Crippen LogP contribution is -2.11. The SMILES string of the molecule is [C-]#[N+]c1cc(NC)ccc1C(C)(C)C. The van der Waals surface area contributed by atoms with Crippen LogP contribution in [0, 0.1) is 6.57 Å². The Hall–Kier alpha value is -1.49. The number of benzene rings is 1. The number of hydrogen-bond donors (Lipinski definition) is 1. The molecule has 0 aliphatic carbocycles. The fourth-order valence-corrected chi connectivity index (χ4v) is 1.41. The summed E-state index contributed by atoms with van der Waals surface area (Å²) in [5.74, 6) is 0. The van der Waals surface area contributed by atoms with E-state index >= 15 is 0 Å². The van der Waals surface area contributed by atoms with Gasteiger partial charge in [0.1, 0.15) is 0 Å². The molecule has 2 nitrogen and oxygen atoms in total. The minimum absolute atomic E-state index is 0.0339. The minimum Gasteiger partial charge on any atom is -0.389 e. The molecule has 0 aliphatic rings. The molecule has 0 amide bonds. The van der Waals surface area contributed by atoms with Crippen molar-refractivity contribution in [2.75, 3.05) is 12.4 Å². The Morgan fingerprint density at radius 2 is 1.93 bits per heavy atom. The van der Waals surface area contributed by atoms with Crippen molar-refractivity contribution in [1.82, 2.24) is 0 Å². The van der Waals surface area contributed by atoms with E-state index in [4.69, 9.17) is 6.57 Å². The van der Waals surface area contributed by atoms with Gasteiger partial charge in [-0.1, -0.05) is 26.8 Å². The van der Waals surface area contributed by atoms with Gasteiger partial charge in [-0.05, 0) is 23.1 Å². The fourth-order valence-electron chi connectivity index (χ4n) is 1.41. The van der Waals surface area contributed by atoms with Crippen molar-refractivity contribution in [2.24, 2.45) is 0 Å². The van der Waals surface area contributed by atoms with Crippen molar-refractivity contribution in [3.8, 4) is 0 Å². The molecule has 0 atom stereocenters. The molecule has 74 valence electrons. The molecular formula is C12H16N2. The van der Waals surface area contributed by atoms with Gasteiger partial charge >= 0.3 is 0 Å². The van der Waals surface area contributed by atoms with Gasteiger partial charge in [0.05, 0.1) is 6.57 Å². The van der Waals surface area contributed by atoms with Gasteiger partial charge in [-0.3, -0.25) is 0 Å². The second-order valence-electron chi connectivity index (χ2n) is 4.34. The summed E-state index contributed by atoms with van der Waals surface area (Å²) in [7, 11) is 1.86. The van der Waals surface area contributed by atoms with E-state index in [-0.39, 0.29) is 5.41 Å². The molecule has 0 fully saturated rings. The predicted molar refractivity (Wildman–Crippen MR) is 61.0 cm³/mol. The Kier molecular flexibility index (Phi) is 2.81.